The third kappa shape index (κ3) is 3.76. The van der Waals surface area contributed by atoms with Gasteiger partial charge in [-0.15, -0.1) is 0 Å². The number of aryl methyl sites for hydroxylation is 1. The monoisotopic (exact) mass is 331 g/mol. The Kier molecular flexibility index (Phi) is 5.22. The molecule has 3 nitrogen and oxygen atoms in total. The van der Waals surface area contributed by atoms with E-state index in [4.69, 9.17) is 9.98 Å². The van der Waals surface area contributed by atoms with Crippen LogP contribution in [0.25, 0.3) is 10.9 Å². The molecule has 1 aromatic heterocycles. The van der Waals surface area contributed by atoms with Crippen molar-refractivity contribution >= 4 is 10.9 Å². The lowest BCUT2D eigenvalue weighted by atomic mass is 10.1. The van der Waals surface area contributed by atoms with Crippen molar-refractivity contribution in [3.8, 4) is 0 Å². The third-order valence-corrected chi connectivity index (χ3v) is 4.75. The van der Waals surface area contributed by atoms with E-state index in [2.05, 4.69) is 56.1 Å². The first kappa shape index (κ1) is 17.3. The van der Waals surface area contributed by atoms with Crippen LogP contribution in [0.3, 0.4) is 0 Å². The Morgan fingerprint density at radius 1 is 0.800 bits per heavy atom. The zero-order chi connectivity index (χ0) is 17.7. The summed E-state index contributed by atoms with van der Waals surface area (Å²) in [6, 6.07) is 18.5. The van der Waals surface area contributed by atoms with Gasteiger partial charge in [-0.2, -0.15) is 0 Å². The van der Waals surface area contributed by atoms with Crippen LogP contribution in [0.2, 0.25) is 0 Å². The maximum atomic E-state index is 4.76. The van der Waals surface area contributed by atoms with Gasteiger partial charge in [0, 0.05) is 11.6 Å². The number of aromatic nitrogens is 1. The molecule has 0 spiro atoms. The number of pyridine rings is 1. The summed E-state index contributed by atoms with van der Waals surface area (Å²) in [6.07, 6.45) is 4.84. The molecule has 0 unspecified atom stereocenters. The second-order valence-electron chi connectivity index (χ2n) is 6.29. The van der Waals surface area contributed by atoms with Crippen LogP contribution in [0.4, 0.5) is 0 Å². The lowest BCUT2D eigenvalue weighted by Crippen LogP contribution is -2.21. The number of fused-ring (bicyclic) bond motifs is 2. The van der Waals surface area contributed by atoms with Gasteiger partial charge in [0.1, 0.15) is 0 Å². The number of hydrogen-bond acceptors (Lipinski definition) is 3. The van der Waals surface area contributed by atoms with Gasteiger partial charge in [0.05, 0.1) is 16.2 Å². The maximum Gasteiger partial charge on any atom is 0.151 e. The van der Waals surface area contributed by atoms with Crippen LogP contribution < -0.4 is 10.7 Å². The predicted octanol–water partition coefficient (Wildman–Crippen LogP) is 4.25. The molecule has 0 N–H and O–H groups in total. The Morgan fingerprint density at radius 2 is 1.52 bits per heavy atom. The number of nitrogens with zero attached hydrogens (tertiary/aromatic N) is 3. The zero-order valence-electron chi connectivity index (χ0n) is 15.2. The van der Waals surface area contributed by atoms with Crippen molar-refractivity contribution < 1.29 is 0 Å². The van der Waals surface area contributed by atoms with Crippen LogP contribution in [-0.2, 0) is 6.42 Å². The van der Waals surface area contributed by atoms with E-state index in [1.807, 2.05) is 30.5 Å². The molecule has 0 radical (unpaired) electrons. The molecule has 0 saturated carbocycles. The highest BCUT2D eigenvalue weighted by Gasteiger charge is 2.26. The van der Waals surface area contributed by atoms with E-state index in [-0.39, 0.29) is 5.66 Å². The van der Waals surface area contributed by atoms with E-state index in [9.17, 15) is 0 Å². The first-order valence-electron chi connectivity index (χ1n) is 9.08. The lowest BCUT2D eigenvalue weighted by molar-refractivity contribution is 0.416. The van der Waals surface area contributed by atoms with Gasteiger partial charge in [-0.25, -0.2) is 0 Å². The van der Waals surface area contributed by atoms with E-state index in [0.717, 1.165) is 35.5 Å². The van der Waals surface area contributed by atoms with Crippen molar-refractivity contribution in [3.05, 3.63) is 77.1 Å². The van der Waals surface area contributed by atoms with Crippen molar-refractivity contribution in [2.75, 3.05) is 0 Å². The van der Waals surface area contributed by atoms with Crippen molar-refractivity contribution in [1.82, 2.24) is 4.98 Å². The molecule has 0 amide bonds. The summed E-state index contributed by atoms with van der Waals surface area (Å²) in [5, 5.41) is 3.35. The van der Waals surface area contributed by atoms with E-state index in [1.54, 1.807) is 0 Å². The summed E-state index contributed by atoms with van der Waals surface area (Å²) < 4.78 is 0. The number of rotatable bonds is 3. The average Bonchev–Trinajstić information content (AvgIpc) is 3.07. The molecular formula is C22H25N3. The van der Waals surface area contributed by atoms with Gasteiger partial charge in [0.15, 0.2) is 5.66 Å². The van der Waals surface area contributed by atoms with Gasteiger partial charge in [-0.1, -0.05) is 51.1 Å². The second-order valence-corrected chi connectivity index (χ2v) is 6.29. The van der Waals surface area contributed by atoms with Crippen LogP contribution in [0, 0.1) is 0 Å². The second kappa shape index (κ2) is 7.56. The van der Waals surface area contributed by atoms with Gasteiger partial charge in [0.25, 0.3) is 0 Å². The summed E-state index contributed by atoms with van der Waals surface area (Å²) in [7, 11) is 0. The van der Waals surface area contributed by atoms with Gasteiger partial charge < -0.3 is 0 Å². The third-order valence-electron chi connectivity index (χ3n) is 4.75. The fourth-order valence-electron chi connectivity index (χ4n) is 3.03. The molecule has 3 aromatic rings. The maximum absolute atomic E-state index is 4.76. The smallest absolute Gasteiger partial charge is 0.151 e. The fraction of sp³-hybridized carbons (Fsp3) is 0.318. The molecule has 3 heteroatoms. The van der Waals surface area contributed by atoms with E-state index < -0.39 is 0 Å². The minimum Gasteiger partial charge on any atom is -0.256 e. The Balaban J connectivity index is 0.000000157. The molecule has 4 rings (SSSR count). The Hall–Kier alpha value is -2.55. The van der Waals surface area contributed by atoms with Crippen molar-refractivity contribution in [2.45, 2.75) is 45.7 Å². The molecule has 1 aliphatic heterocycles. The number of benzene rings is 2. The molecule has 0 aliphatic carbocycles. The molecular weight excluding hydrogens is 306 g/mol. The molecule has 2 heterocycles. The van der Waals surface area contributed by atoms with Crippen LogP contribution >= 0.6 is 0 Å². The molecule has 25 heavy (non-hydrogen) atoms. The molecule has 0 fully saturated rings. The molecule has 0 saturated heterocycles. The molecule has 0 atom stereocenters. The summed E-state index contributed by atoms with van der Waals surface area (Å²) >= 11 is 0. The average molecular weight is 331 g/mol. The Morgan fingerprint density at radius 3 is 2.24 bits per heavy atom. The van der Waals surface area contributed by atoms with Gasteiger partial charge in [0.2, 0.25) is 0 Å². The summed E-state index contributed by atoms with van der Waals surface area (Å²) in [4.78, 5) is 13.7. The van der Waals surface area contributed by atoms with Crippen molar-refractivity contribution in [3.63, 3.8) is 0 Å². The molecule has 0 bridgehead atoms. The minimum atomic E-state index is -0.172. The van der Waals surface area contributed by atoms with E-state index in [0.29, 0.717) is 0 Å². The normalized spacial score (nSPS) is 14.0. The van der Waals surface area contributed by atoms with Crippen LogP contribution in [0.1, 0.15) is 39.2 Å². The summed E-state index contributed by atoms with van der Waals surface area (Å²) in [5.41, 5.74) is 2.23. The minimum absolute atomic E-state index is 0.172. The standard InChI is InChI=1S/C13H18N2.C9H7N/c1-4-10-7-8-11-12(9-10)15-13(5-2,6-3)14-11;1-2-6-9-8(4-1)5-3-7-10-9/h7-9H,4-6H2,1-3H3;1-7H. The summed E-state index contributed by atoms with van der Waals surface area (Å²) in [5.74, 6) is 0. The SMILES string of the molecule is CCc1ccc2c(c1)=NC(CC)(CC)N=2.c1ccc2ncccc2c1. The number of hydrogen-bond donors (Lipinski definition) is 0. The van der Waals surface area contributed by atoms with E-state index in [1.165, 1.54) is 10.9 Å². The molecule has 2 aromatic carbocycles. The Bertz CT molecular complexity index is 906. The zero-order valence-corrected chi connectivity index (χ0v) is 15.2. The largest absolute Gasteiger partial charge is 0.256 e. The highest BCUT2D eigenvalue weighted by atomic mass is 15.1. The lowest BCUT2D eigenvalue weighted by Gasteiger charge is -2.18. The molecule has 1 aliphatic rings. The van der Waals surface area contributed by atoms with Gasteiger partial charge in [-0.05, 0) is 49.1 Å². The van der Waals surface area contributed by atoms with Crippen molar-refractivity contribution in [2.24, 2.45) is 9.98 Å². The topological polar surface area (TPSA) is 37.6 Å². The van der Waals surface area contributed by atoms with Gasteiger partial charge in [-0.3, -0.25) is 15.0 Å². The Labute approximate surface area is 149 Å². The fourth-order valence-corrected chi connectivity index (χ4v) is 3.03. The first-order chi connectivity index (χ1) is 12.2. The number of para-hydroxylation sites is 1. The predicted molar refractivity (Wildman–Crippen MR) is 103 cm³/mol. The summed E-state index contributed by atoms with van der Waals surface area (Å²) in [6.45, 7) is 6.48. The van der Waals surface area contributed by atoms with Crippen LogP contribution in [0.15, 0.2) is 70.8 Å². The van der Waals surface area contributed by atoms with Gasteiger partial charge >= 0.3 is 0 Å². The quantitative estimate of drug-likeness (QED) is 0.707. The highest BCUT2D eigenvalue weighted by Crippen LogP contribution is 2.22. The molecule has 128 valence electrons. The highest BCUT2D eigenvalue weighted by molar-refractivity contribution is 5.77. The van der Waals surface area contributed by atoms with Crippen molar-refractivity contribution in [1.29, 1.82) is 0 Å². The van der Waals surface area contributed by atoms with Crippen LogP contribution in [-0.4, -0.2) is 10.6 Å². The first-order valence-corrected chi connectivity index (χ1v) is 9.08. The van der Waals surface area contributed by atoms with Crippen LogP contribution in [0.5, 0.6) is 0 Å². The van der Waals surface area contributed by atoms with E-state index >= 15 is 0 Å².